The molecule has 0 fully saturated rings. The summed E-state index contributed by atoms with van der Waals surface area (Å²) >= 11 is 0. The second kappa shape index (κ2) is 37.1. The van der Waals surface area contributed by atoms with Crippen LogP contribution in [0.15, 0.2) is 24.3 Å². The number of hydrogen-bond donors (Lipinski definition) is 1. The molecule has 2 atom stereocenters. The molecule has 0 aromatic carbocycles. The largest absolute Gasteiger partial charge is 0.472 e. The predicted molar refractivity (Wildman–Crippen MR) is 224 cm³/mol. The summed E-state index contributed by atoms with van der Waals surface area (Å²) in [7, 11) is 1.47. The minimum absolute atomic E-state index is 0.0287. The Morgan fingerprint density at radius 1 is 0.556 bits per heavy atom. The zero-order valence-corrected chi connectivity index (χ0v) is 36.6. The third-order valence-electron chi connectivity index (χ3n) is 9.45. The molecule has 0 aromatic heterocycles. The summed E-state index contributed by atoms with van der Waals surface area (Å²) < 4.78 is 34.3. The number of quaternary nitrogens is 1. The third-order valence-corrected chi connectivity index (χ3v) is 10.4. The molecule has 10 heteroatoms. The van der Waals surface area contributed by atoms with Gasteiger partial charge in [-0.05, 0) is 64.2 Å². The first kappa shape index (κ1) is 52.5. The Kier molecular flexibility index (Phi) is 36.1. The summed E-state index contributed by atoms with van der Waals surface area (Å²) in [6.45, 7) is 4.39. The molecule has 0 aromatic rings. The lowest BCUT2D eigenvalue weighted by Crippen LogP contribution is -2.37. The number of unbranched alkanes of at least 4 members (excludes halogenated alkanes) is 22. The first-order chi connectivity index (χ1) is 26.0. The van der Waals surface area contributed by atoms with Gasteiger partial charge in [0.15, 0.2) is 6.10 Å². The van der Waals surface area contributed by atoms with Crippen LogP contribution in [0.3, 0.4) is 0 Å². The SMILES string of the molecule is CCCCCC/C=C/CCCCCCCCCC(=O)OC[C@H](COP(=O)(O)OCC[N+](C)(C)C)OC(=O)CCCC/C=C/CCCCCCCCCCC. The van der Waals surface area contributed by atoms with E-state index in [0.717, 1.165) is 44.9 Å². The maximum Gasteiger partial charge on any atom is 0.472 e. The fourth-order valence-corrected chi connectivity index (χ4v) is 6.69. The van der Waals surface area contributed by atoms with Crippen LogP contribution in [-0.2, 0) is 32.7 Å². The smallest absolute Gasteiger partial charge is 0.462 e. The number of ether oxygens (including phenoxy) is 2. The number of rotatable bonds is 40. The summed E-state index contributed by atoms with van der Waals surface area (Å²) in [5, 5.41) is 0. The van der Waals surface area contributed by atoms with Crippen molar-refractivity contribution in [1.82, 2.24) is 0 Å². The Hall–Kier alpha value is -1.51. The van der Waals surface area contributed by atoms with E-state index in [1.807, 2.05) is 21.1 Å². The predicted octanol–water partition coefficient (Wildman–Crippen LogP) is 12.4. The van der Waals surface area contributed by atoms with Crippen LogP contribution in [-0.4, -0.2) is 74.9 Å². The van der Waals surface area contributed by atoms with Gasteiger partial charge in [-0.15, -0.1) is 0 Å². The summed E-state index contributed by atoms with van der Waals surface area (Å²) in [6.07, 6.45) is 39.4. The Morgan fingerprint density at radius 2 is 0.944 bits per heavy atom. The van der Waals surface area contributed by atoms with E-state index in [2.05, 4.69) is 38.2 Å². The second-order valence-corrected chi connectivity index (χ2v) is 17.5. The number of likely N-dealkylation sites (N-methyl/N-ethyl adjacent to an activating group) is 1. The van der Waals surface area contributed by atoms with Crippen molar-refractivity contribution in [1.29, 1.82) is 0 Å². The summed E-state index contributed by atoms with van der Waals surface area (Å²) in [4.78, 5) is 35.3. The molecule has 318 valence electrons. The fourth-order valence-electron chi connectivity index (χ4n) is 5.94. The molecule has 54 heavy (non-hydrogen) atoms. The van der Waals surface area contributed by atoms with Gasteiger partial charge in [-0.1, -0.05) is 141 Å². The van der Waals surface area contributed by atoms with Crippen molar-refractivity contribution in [3.05, 3.63) is 24.3 Å². The Bertz CT molecular complexity index is 980. The first-order valence-electron chi connectivity index (χ1n) is 22.1. The van der Waals surface area contributed by atoms with Crippen LogP contribution in [0.4, 0.5) is 0 Å². The molecule has 9 nitrogen and oxygen atoms in total. The van der Waals surface area contributed by atoms with Crippen LogP contribution in [0.5, 0.6) is 0 Å². The topological polar surface area (TPSA) is 108 Å². The van der Waals surface area contributed by atoms with Crippen molar-refractivity contribution in [3.63, 3.8) is 0 Å². The molecular weight excluding hydrogens is 701 g/mol. The fraction of sp³-hybridized carbons (Fsp3) is 0.864. The number of allylic oxidation sites excluding steroid dienone is 4. The zero-order valence-electron chi connectivity index (χ0n) is 35.7. The van der Waals surface area contributed by atoms with Crippen LogP contribution in [0.1, 0.15) is 194 Å². The normalized spacial score (nSPS) is 13.8. The Balaban J connectivity index is 4.38. The number of carbonyl (C=O) groups is 2. The number of hydrogen-bond acceptors (Lipinski definition) is 7. The van der Waals surface area contributed by atoms with Gasteiger partial charge in [0.2, 0.25) is 0 Å². The molecule has 0 radical (unpaired) electrons. The van der Waals surface area contributed by atoms with Crippen LogP contribution >= 0.6 is 7.82 Å². The van der Waals surface area contributed by atoms with Gasteiger partial charge in [0, 0.05) is 12.8 Å². The van der Waals surface area contributed by atoms with E-state index in [1.54, 1.807) is 0 Å². The minimum atomic E-state index is -4.38. The maximum atomic E-state index is 12.7. The van der Waals surface area contributed by atoms with E-state index in [4.69, 9.17) is 18.5 Å². The van der Waals surface area contributed by atoms with E-state index >= 15 is 0 Å². The number of phosphoric ester groups is 1. The molecule has 0 amide bonds. The van der Waals surface area contributed by atoms with E-state index in [0.29, 0.717) is 17.4 Å². The van der Waals surface area contributed by atoms with Crippen LogP contribution < -0.4 is 0 Å². The van der Waals surface area contributed by atoms with E-state index in [1.165, 1.54) is 116 Å². The van der Waals surface area contributed by atoms with Gasteiger partial charge in [-0.25, -0.2) is 4.57 Å². The highest BCUT2D eigenvalue weighted by molar-refractivity contribution is 7.47. The summed E-state index contributed by atoms with van der Waals surface area (Å²) in [5.41, 5.74) is 0. The summed E-state index contributed by atoms with van der Waals surface area (Å²) in [6, 6.07) is 0. The zero-order chi connectivity index (χ0) is 40.0. The number of esters is 2. The standard InChI is InChI=1S/C44H84NO8P/c1-6-8-10-12-14-16-18-20-22-24-26-28-30-32-34-36-43(46)50-40-42(41-52-54(48,49)51-39-38-45(3,4)5)53-44(47)37-35-33-31-29-27-25-23-21-19-17-15-13-11-9-7-2/h16,18,27,29,42H,6-15,17,19-26,28,30-41H2,1-5H3/p+1/b18-16+,29-27+/t42-/m1/s1. The van der Waals surface area contributed by atoms with Crippen molar-refractivity contribution in [2.45, 2.75) is 200 Å². The molecule has 0 heterocycles. The maximum absolute atomic E-state index is 12.7. The molecule has 0 aliphatic carbocycles. The molecule has 0 saturated heterocycles. The lowest BCUT2D eigenvalue weighted by Gasteiger charge is -2.24. The molecule has 1 unspecified atom stereocenters. The van der Waals surface area contributed by atoms with E-state index in [9.17, 15) is 19.0 Å². The first-order valence-corrected chi connectivity index (χ1v) is 23.6. The van der Waals surface area contributed by atoms with Gasteiger partial charge in [0.05, 0.1) is 27.7 Å². The number of phosphoric acid groups is 1. The average Bonchev–Trinajstić information content (AvgIpc) is 3.12. The Morgan fingerprint density at radius 3 is 1.43 bits per heavy atom. The van der Waals surface area contributed by atoms with Gasteiger partial charge >= 0.3 is 19.8 Å². The lowest BCUT2D eigenvalue weighted by molar-refractivity contribution is -0.870. The van der Waals surface area contributed by atoms with Crippen molar-refractivity contribution in [2.24, 2.45) is 0 Å². The van der Waals surface area contributed by atoms with Gasteiger partial charge < -0.3 is 18.9 Å². The summed E-state index contributed by atoms with van der Waals surface area (Å²) in [5.74, 6) is -0.825. The van der Waals surface area contributed by atoms with E-state index in [-0.39, 0.29) is 32.0 Å². The van der Waals surface area contributed by atoms with Gasteiger partial charge in [0.25, 0.3) is 0 Å². The Labute approximate surface area is 332 Å². The molecule has 0 rings (SSSR count). The van der Waals surface area contributed by atoms with Crippen LogP contribution in [0.2, 0.25) is 0 Å². The molecule has 1 N–H and O–H groups in total. The molecular formula is C44H85NO8P+. The van der Waals surface area contributed by atoms with Gasteiger partial charge in [-0.2, -0.15) is 0 Å². The molecule has 0 saturated carbocycles. The van der Waals surface area contributed by atoms with Gasteiger partial charge in [-0.3, -0.25) is 18.6 Å². The van der Waals surface area contributed by atoms with Gasteiger partial charge in [0.1, 0.15) is 19.8 Å². The number of carbonyl (C=O) groups excluding carboxylic acids is 2. The van der Waals surface area contributed by atoms with Crippen molar-refractivity contribution < 1.29 is 42.1 Å². The second-order valence-electron chi connectivity index (χ2n) is 16.1. The highest BCUT2D eigenvalue weighted by atomic mass is 31.2. The highest BCUT2D eigenvalue weighted by Gasteiger charge is 2.27. The monoisotopic (exact) mass is 787 g/mol. The third kappa shape index (κ3) is 40.2. The molecule has 0 aliphatic rings. The average molecular weight is 787 g/mol. The number of nitrogens with zero attached hydrogens (tertiary/aromatic N) is 1. The van der Waals surface area contributed by atoms with Crippen molar-refractivity contribution in [2.75, 3.05) is 47.5 Å². The minimum Gasteiger partial charge on any atom is -0.462 e. The lowest BCUT2D eigenvalue weighted by atomic mass is 10.1. The quantitative estimate of drug-likeness (QED) is 0.0215. The van der Waals surface area contributed by atoms with Crippen molar-refractivity contribution >= 4 is 19.8 Å². The highest BCUT2D eigenvalue weighted by Crippen LogP contribution is 2.43. The molecule has 0 spiro atoms. The van der Waals surface area contributed by atoms with Crippen molar-refractivity contribution in [3.8, 4) is 0 Å². The molecule has 0 bridgehead atoms. The van der Waals surface area contributed by atoms with E-state index < -0.39 is 26.5 Å². The van der Waals surface area contributed by atoms with Crippen LogP contribution in [0.25, 0.3) is 0 Å². The molecule has 0 aliphatic heterocycles. The van der Waals surface area contributed by atoms with Crippen LogP contribution in [0, 0.1) is 0 Å².